The van der Waals surface area contributed by atoms with Gasteiger partial charge in [0.1, 0.15) is 17.3 Å². The first kappa shape index (κ1) is 30.5. The highest BCUT2D eigenvalue weighted by molar-refractivity contribution is 6.12. The van der Waals surface area contributed by atoms with Crippen LogP contribution in [0.15, 0.2) is 184 Å². The first-order valence-electron chi connectivity index (χ1n) is 17.2. The second-order valence-corrected chi connectivity index (χ2v) is 12.7. The van der Waals surface area contributed by atoms with Crippen molar-refractivity contribution in [1.82, 2.24) is 9.88 Å². The normalized spacial score (nSPS) is 12.6. The van der Waals surface area contributed by atoms with Gasteiger partial charge in [0.15, 0.2) is 5.84 Å². The molecule has 7 aromatic carbocycles. The average Bonchev–Trinajstić information content (AvgIpc) is 3.74. The zero-order valence-corrected chi connectivity index (χ0v) is 27.9. The number of furan rings is 1. The number of hydrogen-bond donors (Lipinski definition) is 1. The Hall–Kier alpha value is -6.56. The molecule has 0 bridgehead atoms. The summed E-state index contributed by atoms with van der Waals surface area (Å²) in [6, 6.07) is 59.0. The Bertz CT molecular complexity index is 2710. The molecule has 1 N–H and O–H groups in total. The predicted octanol–water partition coefficient (Wildman–Crippen LogP) is 11.4. The van der Waals surface area contributed by atoms with Gasteiger partial charge in [-0.3, -0.25) is 5.32 Å². The van der Waals surface area contributed by atoms with Gasteiger partial charge >= 0.3 is 0 Å². The number of para-hydroxylation sites is 3. The maximum absolute atomic E-state index is 6.42. The number of rotatable bonds is 8. The van der Waals surface area contributed by atoms with Crippen molar-refractivity contribution in [2.75, 3.05) is 0 Å². The summed E-state index contributed by atoms with van der Waals surface area (Å²) in [5.74, 6) is 0.590. The van der Waals surface area contributed by atoms with Crippen LogP contribution in [0.2, 0.25) is 0 Å². The van der Waals surface area contributed by atoms with E-state index in [1.807, 2.05) is 48.5 Å². The molecule has 1 unspecified atom stereocenters. The molecule has 0 spiro atoms. The van der Waals surface area contributed by atoms with Crippen LogP contribution in [0.5, 0.6) is 0 Å². The molecule has 9 aromatic rings. The number of amidine groups is 1. The van der Waals surface area contributed by atoms with Crippen molar-refractivity contribution in [2.45, 2.75) is 12.8 Å². The van der Waals surface area contributed by atoms with E-state index in [1.165, 1.54) is 16.3 Å². The van der Waals surface area contributed by atoms with E-state index in [4.69, 9.17) is 9.41 Å². The van der Waals surface area contributed by atoms with Gasteiger partial charge in [0.05, 0.1) is 17.7 Å². The highest BCUT2D eigenvalue weighted by Gasteiger charge is 2.18. The van der Waals surface area contributed by atoms with Gasteiger partial charge in [-0.05, 0) is 53.2 Å². The maximum Gasteiger partial charge on any atom is 0.155 e. The topological polar surface area (TPSA) is 54.8 Å². The third kappa shape index (κ3) is 5.60. The van der Waals surface area contributed by atoms with Gasteiger partial charge in [0.25, 0.3) is 0 Å². The lowest BCUT2D eigenvalue weighted by atomic mass is 10.0. The summed E-state index contributed by atoms with van der Waals surface area (Å²) in [5.41, 5.74) is 10.6. The molecule has 2 heterocycles. The molecule has 51 heavy (non-hydrogen) atoms. The van der Waals surface area contributed by atoms with Crippen LogP contribution in [-0.4, -0.2) is 17.1 Å². The summed E-state index contributed by atoms with van der Waals surface area (Å²) < 4.78 is 8.75. The Morgan fingerprint density at radius 2 is 1.24 bits per heavy atom. The minimum atomic E-state index is -0.378. The van der Waals surface area contributed by atoms with E-state index in [1.54, 1.807) is 0 Å². The molecule has 0 fully saturated rings. The minimum Gasteiger partial charge on any atom is -0.455 e. The molecule has 0 saturated carbocycles. The van der Waals surface area contributed by atoms with Crippen LogP contribution in [0.25, 0.3) is 66.0 Å². The molecule has 0 aliphatic heterocycles. The predicted molar refractivity (Wildman–Crippen MR) is 212 cm³/mol. The third-order valence-electron chi connectivity index (χ3n) is 9.70. The van der Waals surface area contributed by atoms with Gasteiger partial charge in [0.2, 0.25) is 0 Å². The summed E-state index contributed by atoms with van der Waals surface area (Å²) in [6.45, 7) is 4.40. The lowest BCUT2D eigenvalue weighted by Gasteiger charge is -2.19. The number of aliphatic imine (C=N–C) groups is 2. The fourth-order valence-corrected chi connectivity index (χ4v) is 7.19. The van der Waals surface area contributed by atoms with E-state index < -0.39 is 0 Å². The van der Waals surface area contributed by atoms with E-state index in [2.05, 4.69) is 143 Å². The SMILES string of the molecule is C=N/C(=N\C(NCn1c2ccccc2c2cc(-c3cccc4c3oc3ccccc34)ccc21)c1ccc(-c2ccccc2)cc1)c1ccccc1. The van der Waals surface area contributed by atoms with Gasteiger partial charge in [-0.25, -0.2) is 9.98 Å². The number of fused-ring (bicyclic) bond motifs is 6. The van der Waals surface area contributed by atoms with Crippen LogP contribution in [0.1, 0.15) is 17.3 Å². The van der Waals surface area contributed by atoms with Gasteiger partial charge < -0.3 is 8.98 Å². The van der Waals surface area contributed by atoms with E-state index in [0.29, 0.717) is 12.5 Å². The molecule has 2 aromatic heterocycles. The van der Waals surface area contributed by atoms with E-state index in [9.17, 15) is 0 Å². The zero-order valence-electron chi connectivity index (χ0n) is 27.9. The second kappa shape index (κ2) is 13.0. The fraction of sp³-hybridized carbons (Fsp3) is 0.0435. The Morgan fingerprint density at radius 1 is 0.588 bits per heavy atom. The third-order valence-corrected chi connectivity index (χ3v) is 9.70. The van der Waals surface area contributed by atoms with Crippen LogP contribution in [0, 0.1) is 0 Å². The number of nitrogens with zero attached hydrogens (tertiary/aromatic N) is 3. The molecule has 0 saturated heterocycles. The average molecular weight is 659 g/mol. The fourth-order valence-electron chi connectivity index (χ4n) is 7.19. The van der Waals surface area contributed by atoms with Crippen LogP contribution < -0.4 is 5.32 Å². The quantitative estimate of drug-likeness (QED) is 0.130. The highest BCUT2D eigenvalue weighted by Crippen LogP contribution is 2.38. The van der Waals surface area contributed by atoms with Crippen molar-refractivity contribution in [1.29, 1.82) is 0 Å². The van der Waals surface area contributed by atoms with Crippen molar-refractivity contribution >= 4 is 56.3 Å². The van der Waals surface area contributed by atoms with E-state index in [0.717, 1.165) is 60.8 Å². The molecule has 0 aliphatic carbocycles. The Labute approximate surface area is 295 Å². The summed E-state index contributed by atoms with van der Waals surface area (Å²) in [6.07, 6.45) is -0.378. The number of hydrogen-bond acceptors (Lipinski definition) is 3. The summed E-state index contributed by atoms with van der Waals surface area (Å²) in [4.78, 5) is 9.50. The van der Waals surface area contributed by atoms with Crippen molar-refractivity contribution in [3.63, 3.8) is 0 Å². The standard InChI is InChI=1S/C46H34N4O/c1-47-45(33-15-6-3-7-16-33)49-46(34-25-23-32(24-26-34)31-13-4-2-5-14-31)48-30-50-41-21-10-8-17-37(41)40-29-35(27-28-42(40)50)36-19-12-20-39-38-18-9-11-22-43(38)51-44(36)39/h2-29,46,48H,1,30H2/b49-45-. The second-order valence-electron chi connectivity index (χ2n) is 12.7. The van der Waals surface area contributed by atoms with Crippen molar-refractivity contribution < 1.29 is 4.42 Å². The number of nitrogens with one attached hydrogen (secondary N) is 1. The molecular weight excluding hydrogens is 625 g/mol. The highest BCUT2D eigenvalue weighted by atomic mass is 16.3. The summed E-state index contributed by atoms with van der Waals surface area (Å²) >= 11 is 0. The van der Waals surface area contributed by atoms with Crippen LogP contribution >= 0.6 is 0 Å². The molecule has 0 aliphatic rings. The van der Waals surface area contributed by atoms with Gasteiger partial charge in [-0.2, -0.15) is 0 Å². The Morgan fingerprint density at radius 3 is 2.04 bits per heavy atom. The molecule has 5 heteroatoms. The Kier molecular flexibility index (Phi) is 7.80. The van der Waals surface area contributed by atoms with Crippen LogP contribution in [0.3, 0.4) is 0 Å². The molecule has 9 rings (SSSR count). The molecule has 0 radical (unpaired) electrons. The zero-order chi connectivity index (χ0) is 34.1. The van der Waals surface area contributed by atoms with E-state index >= 15 is 0 Å². The van der Waals surface area contributed by atoms with Crippen LogP contribution in [0.4, 0.5) is 0 Å². The first-order valence-corrected chi connectivity index (χ1v) is 17.2. The summed E-state index contributed by atoms with van der Waals surface area (Å²) in [5, 5.41) is 8.41. The largest absolute Gasteiger partial charge is 0.455 e. The molecular formula is C46H34N4O. The van der Waals surface area contributed by atoms with Crippen molar-refractivity contribution in [2.24, 2.45) is 9.98 Å². The lowest BCUT2D eigenvalue weighted by Crippen LogP contribution is -2.24. The van der Waals surface area contributed by atoms with Gasteiger partial charge in [-0.1, -0.05) is 146 Å². The first-order chi connectivity index (χ1) is 25.2. The van der Waals surface area contributed by atoms with Crippen molar-refractivity contribution in [3.05, 3.63) is 181 Å². The van der Waals surface area contributed by atoms with E-state index in [-0.39, 0.29) is 6.17 Å². The van der Waals surface area contributed by atoms with Crippen LogP contribution in [-0.2, 0) is 6.67 Å². The molecule has 5 nitrogen and oxygen atoms in total. The summed E-state index contributed by atoms with van der Waals surface area (Å²) in [7, 11) is 0. The number of aromatic nitrogens is 1. The van der Waals surface area contributed by atoms with Gasteiger partial charge in [-0.15, -0.1) is 0 Å². The Balaban J connectivity index is 1.11. The monoisotopic (exact) mass is 658 g/mol. The smallest absolute Gasteiger partial charge is 0.155 e. The van der Waals surface area contributed by atoms with Crippen molar-refractivity contribution in [3.8, 4) is 22.3 Å². The molecule has 244 valence electrons. The minimum absolute atomic E-state index is 0.378. The molecule has 0 amide bonds. The molecule has 1 atom stereocenters. The van der Waals surface area contributed by atoms with Gasteiger partial charge in [0, 0.05) is 32.7 Å². The maximum atomic E-state index is 6.42. The lowest BCUT2D eigenvalue weighted by molar-refractivity contribution is 0.491. The number of benzene rings is 7.